The molecule has 3 N–H and O–H groups in total. The van der Waals surface area contributed by atoms with Gasteiger partial charge in [-0.3, -0.25) is 14.6 Å². The summed E-state index contributed by atoms with van der Waals surface area (Å²) in [5, 5.41) is 8.64. The molecule has 0 saturated heterocycles. The first-order valence-electron chi connectivity index (χ1n) is 8.63. The van der Waals surface area contributed by atoms with Crippen LogP contribution in [0.3, 0.4) is 0 Å². The molecule has 0 unspecified atom stereocenters. The van der Waals surface area contributed by atoms with Crippen molar-refractivity contribution in [3.63, 3.8) is 0 Å². The molecule has 3 aromatic rings. The third kappa shape index (κ3) is 5.38. The van der Waals surface area contributed by atoms with Crippen LogP contribution in [0.5, 0.6) is 0 Å². The third-order valence-corrected chi connectivity index (χ3v) is 3.85. The number of carbonyl (C=O) groups is 2. The van der Waals surface area contributed by atoms with E-state index in [1.165, 1.54) is 19.1 Å². The van der Waals surface area contributed by atoms with Crippen molar-refractivity contribution in [1.29, 1.82) is 0 Å². The van der Waals surface area contributed by atoms with E-state index in [1.807, 2.05) is 12.1 Å². The van der Waals surface area contributed by atoms with Gasteiger partial charge in [-0.25, -0.2) is 4.39 Å². The molecule has 0 aliphatic heterocycles. The molecule has 0 atom stereocenters. The van der Waals surface area contributed by atoms with Crippen LogP contribution in [-0.2, 0) is 11.3 Å². The van der Waals surface area contributed by atoms with Crippen LogP contribution in [0.2, 0.25) is 0 Å². The van der Waals surface area contributed by atoms with E-state index in [4.69, 9.17) is 0 Å². The van der Waals surface area contributed by atoms with Crippen LogP contribution in [0.25, 0.3) is 0 Å². The average Bonchev–Trinajstić information content (AvgIpc) is 2.69. The number of pyridine rings is 1. The standard InChI is InChI=1S/C21H19FN4O2/c1-14(27)25-17-6-8-18(9-7-17)26-19-10-11-23-20(12-19)21(28)24-13-15-2-4-16(22)5-3-15/h2-12H,13H2,1H3,(H,23,26)(H,24,28)(H,25,27). The number of anilines is 3. The monoisotopic (exact) mass is 378 g/mol. The molecule has 28 heavy (non-hydrogen) atoms. The maximum absolute atomic E-state index is 12.9. The predicted molar refractivity (Wildman–Crippen MR) is 106 cm³/mol. The van der Waals surface area contributed by atoms with Gasteiger partial charge in [0.15, 0.2) is 0 Å². The number of nitrogens with zero attached hydrogens (tertiary/aromatic N) is 1. The Labute approximate surface area is 161 Å². The van der Waals surface area contributed by atoms with E-state index in [2.05, 4.69) is 20.9 Å². The second-order valence-corrected chi connectivity index (χ2v) is 6.12. The molecule has 0 aliphatic rings. The molecule has 0 saturated carbocycles. The normalized spacial score (nSPS) is 10.2. The molecule has 1 aromatic heterocycles. The lowest BCUT2D eigenvalue weighted by atomic mass is 10.2. The Morgan fingerprint density at radius 2 is 1.61 bits per heavy atom. The van der Waals surface area contributed by atoms with Gasteiger partial charge >= 0.3 is 0 Å². The van der Waals surface area contributed by atoms with Crippen molar-refractivity contribution in [1.82, 2.24) is 10.3 Å². The largest absolute Gasteiger partial charge is 0.355 e. The van der Waals surface area contributed by atoms with Gasteiger partial charge in [0.1, 0.15) is 11.5 Å². The first kappa shape index (κ1) is 19.0. The summed E-state index contributed by atoms with van der Waals surface area (Å²) < 4.78 is 12.9. The number of rotatable bonds is 6. The molecule has 2 amide bonds. The van der Waals surface area contributed by atoms with Crippen LogP contribution < -0.4 is 16.0 Å². The Morgan fingerprint density at radius 1 is 0.929 bits per heavy atom. The third-order valence-electron chi connectivity index (χ3n) is 3.85. The summed E-state index contributed by atoms with van der Waals surface area (Å²) in [7, 11) is 0. The minimum Gasteiger partial charge on any atom is -0.355 e. The molecule has 142 valence electrons. The zero-order valence-corrected chi connectivity index (χ0v) is 15.2. The average molecular weight is 378 g/mol. The Hall–Kier alpha value is -3.74. The Morgan fingerprint density at radius 3 is 2.29 bits per heavy atom. The molecule has 1 heterocycles. The van der Waals surface area contributed by atoms with Crippen molar-refractivity contribution in [3.8, 4) is 0 Å². The fourth-order valence-corrected chi connectivity index (χ4v) is 2.51. The highest BCUT2D eigenvalue weighted by Crippen LogP contribution is 2.19. The fourth-order valence-electron chi connectivity index (χ4n) is 2.51. The molecule has 0 radical (unpaired) electrons. The topological polar surface area (TPSA) is 83.1 Å². The van der Waals surface area contributed by atoms with E-state index in [0.29, 0.717) is 11.4 Å². The first-order valence-corrected chi connectivity index (χ1v) is 8.63. The summed E-state index contributed by atoms with van der Waals surface area (Å²) in [5.41, 5.74) is 3.27. The Kier molecular flexibility index (Phi) is 5.96. The number of carbonyl (C=O) groups excluding carboxylic acids is 2. The number of hydrogen-bond acceptors (Lipinski definition) is 4. The first-order chi connectivity index (χ1) is 13.5. The van der Waals surface area contributed by atoms with Crippen LogP contribution in [0.1, 0.15) is 23.0 Å². The quantitative estimate of drug-likeness (QED) is 0.608. The van der Waals surface area contributed by atoms with Gasteiger partial charge in [0.2, 0.25) is 5.91 Å². The summed E-state index contributed by atoms with van der Waals surface area (Å²) in [6, 6.07) is 16.5. The van der Waals surface area contributed by atoms with Gasteiger partial charge < -0.3 is 16.0 Å². The van der Waals surface area contributed by atoms with Gasteiger partial charge in [0.05, 0.1) is 0 Å². The van der Waals surface area contributed by atoms with Crippen molar-refractivity contribution in [2.24, 2.45) is 0 Å². The van der Waals surface area contributed by atoms with E-state index in [-0.39, 0.29) is 29.9 Å². The molecule has 0 bridgehead atoms. The van der Waals surface area contributed by atoms with Crippen molar-refractivity contribution < 1.29 is 14.0 Å². The minimum absolute atomic E-state index is 0.133. The molecule has 6 nitrogen and oxygen atoms in total. The van der Waals surface area contributed by atoms with Crippen LogP contribution in [-0.4, -0.2) is 16.8 Å². The zero-order valence-electron chi connectivity index (χ0n) is 15.2. The highest BCUT2D eigenvalue weighted by Gasteiger charge is 2.08. The van der Waals surface area contributed by atoms with Crippen LogP contribution in [0, 0.1) is 5.82 Å². The van der Waals surface area contributed by atoms with Gasteiger partial charge in [-0.2, -0.15) is 0 Å². The van der Waals surface area contributed by atoms with Gasteiger partial charge in [-0.15, -0.1) is 0 Å². The van der Waals surface area contributed by atoms with Crippen LogP contribution in [0.4, 0.5) is 21.5 Å². The molecule has 0 spiro atoms. The van der Waals surface area contributed by atoms with E-state index in [9.17, 15) is 14.0 Å². The van der Waals surface area contributed by atoms with Gasteiger partial charge in [-0.1, -0.05) is 12.1 Å². The molecule has 0 aliphatic carbocycles. The summed E-state index contributed by atoms with van der Waals surface area (Å²) >= 11 is 0. The van der Waals surface area contributed by atoms with E-state index in [0.717, 1.165) is 11.3 Å². The number of amides is 2. The molecular weight excluding hydrogens is 359 g/mol. The molecule has 2 aromatic carbocycles. The van der Waals surface area contributed by atoms with Crippen LogP contribution in [0.15, 0.2) is 66.9 Å². The smallest absolute Gasteiger partial charge is 0.270 e. The van der Waals surface area contributed by atoms with Crippen molar-refractivity contribution in [2.75, 3.05) is 10.6 Å². The van der Waals surface area contributed by atoms with Gasteiger partial charge in [-0.05, 0) is 54.1 Å². The lowest BCUT2D eigenvalue weighted by Gasteiger charge is -2.10. The Balaban J connectivity index is 1.62. The van der Waals surface area contributed by atoms with Crippen molar-refractivity contribution >= 4 is 28.9 Å². The van der Waals surface area contributed by atoms with Gasteiger partial charge in [0, 0.05) is 36.7 Å². The van der Waals surface area contributed by atoms with E-state index < -0.39 is 0 Å². The highest BCUT2D eigenvalue weighted by molar-refractivity contribution is 5.93. The number of aromatic nitrogens is 1. The highest BCUT2D eigenvalue weighted by atomic mass is 19.1. The fraction of sp³-hybridized carbons (Fsp3) is 0.0952. The van der Waals surface area contributed by atoms with E-state index >= 15 is 0 Å². The van der Waals surface area contributed by atoms with Gasteiger partial charge in [0.25, 0.3) is 5.91 Å². The summed E-state index contributed by atoms with van der Waals surface area (Å²) in [5.74, 6) is -0.777. The molecule has 7 heteroatoms. The molecule has 0 fully saturated rings. The van der Waals surface area contributed by atoms with Crippen molar-refractivity contribution in [3.05, 3.63) is 83.9 Å². The Bertz CT molecular complexity index is 972. The lowest BCUT2D eigenvalue weighted by molar-refractivity contribution is -0.114. The van der Waals surface area contributed by atoms with E-state index in [1.54, 1.807) is 42.6 Å². The minimum atomic E-state index is -0.325. The maximum Gasteiger partial charge on any atom is 0.270 e. The SMILES string of the molecule is CC(=O)Nc1ccc(Nc2ccnc(C(=O)NCc3ccc(F)cc3)c2)cc1. The summed E-state index contributed by atoms with van der Waals surface area (Å²) in [4.78, 5) is 27.5. The number of halogens is 1. The predicted octanol–water partition coefficient (Wildman–Crippen LogP) is 3.85. The van der Waals surface area contributed by atoms with Crippen molar-refractivity contribution in [2.45, 2.75) is 13.5 Å². The second kappa shape index (κ2) is 8.77. The number of hydrogen-bond donors (Lipinski definition) is 3. The summed E-state index contributed by atoms with van der Waals surface area (Å²) in [6.45, 7) is 1.73. The lowest BCUT2D eigenvalue weighted by Crippen LogP contribution is -2.23. The molecular formula is C21H19FN4O2. The molecule has 3 rings (SSSR count). The second-order valence-electron chi connectivity index (χ2n) is 6.12. The number of nitrogens with one attached hydrogen (secondary N) is 3. The summed E-state index contributed by atoms with van der Waals surface area (Å²) in [6.07, 6.45) is 1.54. The zero-order chi connectivity index (χ0) is 19.9. The van der Waals surface area contributed by atoms with Crippen LogP contribution >= 0.6 is 0 Å². The number of benzene rings is 2. The maximum atomic E-state index is 12.9.